The van der Waals surface area contributed by atoms with Gasteiger partial charge in [0, 0.05) is 15.6 Å². The van der Waals surface area contributed by atoms with Gasteiger partial charge in [0.1, 0.15) is 11.5 Å². The average Bonchev–Trinajstić information content (AvgIpc) is 2.96. The zero-order valence-corrected chi connectivity index (χ0v) is 16.5. The summed E-state index contributed by atoms with van der Waals surface area (Å²) in [5.74, 6) is 1.06. The summed E-state index contributed by atoms with van der Waals surface area (Å²) in [5.41, 5.74) is 1.61. The second kappa shape index (κ2) is 7.41. The number of hydrogen-bond donors (Lipinski definition) is 0. The Balaban J connectivity index is 1.98. The lowest BCUT2D eigenvalue weighted by atomic mass is 10.1. The number of methoxy groups -OCH3 is 2. The van der Waals surface area contributed by atoms with E-state index in [1.54, 1.807) is 38.5 Å². The number of benzene rings is 2. The number of hydrogen-bond acceptors (Lipinski definition) is 5. The van der Waals surface area contributed by atoms with Gasteiger partial charge in [0.15, 0.2) is 5.70 Å². The molecule has 0 saturated carbocycles. The summed E-state index contributed by atoms with van der Waals surface area (Å²) in [6.07, 6.45) is 1.64. The molecule has 0 unspecified atom stereocenters. The molecule has 0 aliphatic carbocycles. The molecule has 0 saturated heterocycles. The standard InChI is InChI=1S/C18H13Br2NO4/c1-23-15-6-4-12(19)7-11(15)9-14-18(22)25-17(21-14)10-3-5-16(24-2)13(20)8-10/h3-9H,1-2H3. The first kappa shape index (κ1) is 17.7. The van der Waals surface area contributed by atoms with Gasteiger partial charge in [0.2, 0.25) is 5.90 Å². The van der Waals surface area contributed by atoms with Crippen LogP contribution in [0.15, 0.2) is 56.0 Å². The number of esters is 1. The van der Waals surface area contributed by atoms with Crippen molar-refractivity contribution in [2.45, 2.75) is 0 Å². The van der Waals surface area contributed by atoms with Gasteiger partial charge in [-0.05, 0) is 58.4 Å². The molecular formula is C18H13Br2NO4. The number of cyclic esters (lactones) is 1. The van der Waals surface area contributed by atoms with E-state index in [0.717, 1.165) is 14.5 Å². The van der Waals surface area contributed by atoms with Crippen molar-refractivity contribution in [3.8, 4) is 11.5 Å². The Labute approximate surface area is 161 Å². The topological polar surface area (TPSA) is 57.1 Å². The molecule has 0 amide bonds. The van der Waals surface area contributed by atoms with E-state index >= 15 is 0 Å². The molecule has 1 heterocycles. The van der Waals surface area contributed by atoms with Crippen molar-refractivity contribution in [1.82, 2.24) is 0 Å². The minimum absolute atomic E-state index is 0.207. The molecule has 0 fully saturated rings. The van der Waals surface area contributed by atoms with Crippen LogP contribution in [-0.4, -0.2) is 26.1 Å². The fourth-order valence-electron chi connectivity index (χ4n) is 2.30. The molecule has 25 heavy (non-hydrogen) atoms. The van der Waals surface area contributed by atoms with E-state index in [1.165, 1.54) is 0 Å². The predicted octanol–water partition coefficient (Wildman–Crippen LogP) is 4.57. The molecule has 1 aliphatic rings. The summed E-state index contributed by atoms with van der Waals surface area (Å²) in [5, 5.41) is 0. The first-order valence-electron chi connectivity index (χ1n) is 7.22. The molecule has 5 nitrogen and oxygen atoms in total. The lowest BCUT2D eigenvalue weighted by Gasteiger charge is -2.05. The zero-order valence-electron chi connectivity index (χ0n) is 13.4. The van der Waals surface area contributed by atoms with Crippen LogP contribution in [0.4, 0.5) is 0 Å². The monoisotopic (exact) mass is 465 g/mol. The van der Waals surface area contributed by atoms with Gasteiger partial charge in [-0.3, -0.25) is 0 Å². The molecule has 7 heteroatoms. The summed E-state index contributed by atoms with van der Waals surface area (Å²) in [4.78, 5) is 16.5. The molecule has 0 N–H and O–H groups in total. The highest BCUT2D eigenvalue weighted by Gasteiger charge is 2.25. The largest absolute Gasteiger partial charge is 0.496 e. The molecule has 0 bridgehead atoms. The number of carbonyl (C=O) groups is 1. The van der Waals surface area contributed by atoms with Crippen molar-refractivity contribution in [3.05, 3.63) is 62.2 Å². The van der Waals surface area contributed by atoms with Gasteiger partial charge in [0.05, 0.1) is 18.7 Å². The van der Waals surface area contributed by atoms with Crippen LogP contribution in [0.25, 0.3) is 6.08 Å². The molecule has 0 aromatic heterocycles. The molecule has 128 valence electrons. The highest BCUT2D eigenvalue weighted by Crippen LogP contribution is 2.29. The fourth-order valence-corrected chi connectivity index (χ4v) is 3.22. The number of halogens is 2. The van der Waals surface area contributed by atoms with Crippen LogP contribution < -0.4 is 9.47 Å². The lowest BCUT2D eigenvalue weighted by molar-refractivity contribution is -0.129. The second-order valence-corrected chi connectivity index (χ2v) is 6.84. The average molecular weight is 467 g/mol. The summed E-state index contributed by atoms with van der Waals surface area (Å²) in [6.45, 7) is 0. The van der Waals surface area contributed by atoms with Crippen LogP contribution in [0.1, 0.15) is 11.1 Å². The van der Waals surface area contributed by atoms with Gasteiger partial charge in [-0.25, -0.2) is 9.79 Å². The Morgan fingerprint density at radius 1 is 1.04 bits per heavy atom. The van der Waals surface area contributed by atoms with Gasteiger partial charge in [-0.1, -0.05) is 15.9 Å². The highest BCUT2D eigenvalue weighted by molar-refractivity contribution is 9.10. The van der Waals surface area contributed by atoms with E-state index in [9.17, 15) is 4.79 Å². The molecule has 1 aliphatic heterocycles. The van der Waals surface area contributed by atoms with E-state index in [2.05, 4.69) is 36.9 Å². The van der Waals surface area contributed by atoms with Gasteiger partial charge in [-0.15, -0.1) is 0 Å². The third-order valence-electron chi connectivity index (χ3n) is 3.50. The maximum absolute atomic E-state index is 12.2. The van der Waals surface area contributed by atoms with Crippen LogP contribution in [0, 0.1) is 0 Å². The van der Waals surface area contributed by atoms with E-state index in [-0.39, 0.29) is 11.6 Å². The summed E-state index contributed by atoms with van der Waals surface area (Å²) >= 11 is 6.81. The van der Waals surface area contributed by atoms with Crippen molar-refractivity contribution in [2.75, 3.05) is 14.2 Å². The first-order chi connectivity index (χ1) is 12.0. The van der Waals surface area contributed by atoms with E-state index < -0.39 is 5.97 Å². The second-order valence-electron chi connectivity index (χ2n) is 5.07. The van der Waals surface area contributed by atoms with E-state index in [1.807, 2.05) is 18.2 Å². The fraction of sp³-hybridized carbons (Fsp3) is 0.111. The normalized spacial score (nSPS) is 15.1. The zero-order chi connectivity index (χ0) is 18.0. The molecular weight excluding hydrogens is 454 g/mol. The summed E-state index contributed by atoms with van der Waals surface area (Å²) < 4.78 is 17.4. The van der Waals surface area contributed by atoms with E-state index in [4.69, 9.17) is 14.2 Å². The van der Waals surface area contributed by atoms with Gasteiger partial charge in [0.25, 0.3) is 0 Å². The quantitative estimate of drug-likeness (QED) is 0.489. The van der Waals surface area contributed by atoms with Crippen LogP contribution >= 0.6 is 31.9 Å². The molecule has 0 atom stereocenters. The van der Waals surface area contributed by atoms with Crippen molar-refractivity contribution >= 4 is 49.8 Å². The minimum Gasteiger partial charge on any atom is -0.496 e. The summed E-state index contributed by atoms with van der Waals surface area (Å²) in [7, 11) is 3.15. The Kier molecular flexibility index (Phi) is 5.24. The SMILES string of the molecule is COc1ccc(C2=NC(=Cc3cc(Br)ccc3OC)C(=O)O2)cc1Br. The lowest BCUT2D eigenvalue weighted by Crippen LogP contribution is -2.05. The van der Waals surface area contributed by atoms with Gasteiger partial charge >= 0.3 is 5.97 Å². The van der Waals surface area contributed by atoms with Gasteiger partial charge in [-0.2, -0.15) is 0 Å². The van der Waals surface area contributed by atoms with Crippen LogP contribution in [-0.2, 0) is 9.53 Å². The van der Waals surface area contributed by atoms with Crippen molar-refractivity contribution in [3.63, 3.8) is 0 Å². The highest BCUT2D eigenvalue weighted by atomic mass is 79.9. The van der Waals surface area contributed by atoms with Crippen LogP contribution in [0.3, 0.4) is 0 Å². The van der Waals surface area contributed by atoms with Gasteiger partial charge < -0.3 is 14.2 Å². The number of rotatable bonds is 4. The molecule has 2 aromatic rings. The van der Waals surface area contributed by atoms with Crippen LogP contribution in [0.2, 0.25) is 0 Å². The van der Waals surface area contributed by atoms with Crippen molar-refractivity contribution in [2.24, 2.45) is 4.99 Å². The summed E-state index contributed by atoms with van der Waals surface area (Å²) in [6, 6.07) is 10.8. The first-order valence-corrected chi connectivity index (χ1v) is 8.80. The maximum atomic E-state index is 12.2. The Hall–Kier alpha value is -2.12. The molecule has 2 aromatic carbocycles. The Bertz CT molecular complexity index is 906. The number of carbonyl (C=O) groups excluding carboxylic acids is 1. The third-order valence-corrected chi connectivity index (χ3v) is 4.62. The predicted molar refractivity (Wildman–Crippen MR) is 102 cm³/mol. The van der Waals surface area contributed by atoms with Crippen molar-refractivity contribution < 1.29 is 19.0 Å². The van der Waals surface area contributed by atoms with Crippen molar-refractivity contribution in [1.29, 1.82) is 0 Å². The van der Waals surface area contributed by atoms with Crippen LogP contribution in [0.5, 0.6) is 11.5 Å². The van der Waals surface area contributed by atoms with E-state index in [0.29, 0.717) is 17.1 Å². The molecule has 0 radical (unpaired) electrons. The molecule has 0 spiro atoms. The Morgan fingerprint density at radius 3 is 2.44 bits per heavy atom. The number of nitrogens with zero attached hydrogens (tertiary/aromatic N) is 1. The Morgan fingerprint density at radius 2 is 1.76 bits per heavy atom. The number of aliphatic imine (C=N–C) groups is 1. The number of ether oxygens (including phenoxy) is 3. The molecule has 3 rings (SSSR count). The maximum Gasteiger partial charge on any atom is 0.363 e. The minimum atomic E-state index is -0.510. The third kappa shape index (κ3) is 3.77. The smallest absolute Gasteiger partial charge is 0.363 e.